The SMILES string of the molecule is CCC(C)/C=N\C=C(/C)C1(NC)c2ccc(C)c(c2)OCc2cccc(c2)/C(=C/C(C)=O)c2cc1ccc2C. The predicted molar refractivity (Wildman–Crippen MR) is 162 cm³/mol. The van der Waals surface area contributed by atoms with Gasteiger partial charge in [0.25, 0.3) is 0 Å². The first-order chi connectivity index (χ1) is 18.7. The molecule has 4 rings (SSSR count). The van der Waals surface area contributed by atoms with Crippen LogP contribution in [0.25, 0.3) is 5.57 Å². The third kappa shape index (κ3) is 5.81. The van der Waals surface area contributed by atoms with E-state index in [1.807, 2.05) is 25.5 Å². The average molecular weight is 521 g/mol. The second-order valence-corrected chi connectivity index (χ2v) is 10.7. The summed E-state index contributed by atoms with van der Waals surface area (Å²) in [5, 5.41) is 3.67. The van der Waals surface area contributed by atoms with Gasteiger partial charge in [-0.25, -0.2) is 0 Å². The highest BCUT2D eigenvalue weighted by Crippen LogP contribution is 2.41. The molecule has 2 unspecified atom stereocenters. The minimum atomic E-state index is -0.672. The third-order valence-corrected chi connectivity index (χ3v) is 7.78. The van der Waals surface area contributed by atoms with Crippen LogP contribution in [0.1, 0.15) is 73.1 Å². The van der Waals surface area contributed by atoms with E-state index in [1.165, 1.54) is 0 Å². The van der Waals surface area contributed by atoms with E-state index in [-0.39, 0.29) is 5.78 Å². The summed E-state index contributed by atoms with van der Waals surface area (Å²) in [7, 11) is 1.99. The maximum atomic E-state index is 12.5. The lowest BCUT2D eigenvalue weighted by atomic mass is 9.75. The lowest BCUT2D eigenvalue weighted by molar-refractivity contribution is -0.112. The van der Waals surface area contributed by atoms with Crippen LogP contribution in [0.3, 0.4) is 0 Å². The van der Waals surface area contributed by atoms with Gasteiger partial charge in [0, 0.05) is 12.4 Å². The van der Waals surface area contributed by atoms with Crippen molar-refractivity contribution >= 4 is 17.6 Å². The van der Waals surface area contributed by atoms with Crippen LogP contribution in [0, 0.1) is 19.8 Å². The summed E-state index contributed by atoms with van der Waals surface area (Å²) in [6.07, 6.45) is 6.77. The summed E-state index contributed by atoms with van der Waals surface area (Å²) < 4.78 is 6.41. The summed E-state index contributed by atoms with van der Waals surface area (Å²) in [6, 6.07) is 21.3. The highest BCUT2D eigenvalue weighted by atomic mass is 16.5. The molecule has 2 atom stereocenters. The molecular weight excluding hydrogens is 480 g/mol. The molecule has 0 radical (unpaired) electrons. The zero-order valence-corrected chi connectivity index (χ0v) is 24.3. The number of aryl methyl sites for hydroxylation is 2. The number of carbonyl (C=O) groups is 1. The Labute approximate surface area is 233 Å². The van der Waals surface area contributed by atoms with Crippen LogP contribution in [0.2, 0.25) is 0 Å². The smallest absolute Gasteiger partial charge is 0.153 e. The van der Waals surface area contributed by atoms with Crippen molar-refractivity contribution in [1.82, 2.24) is 5.32 Å². The second kappa shape index (κ2) is 12.0. The monoisotopic (exact) mass is 520 g/mol. The topological polar surface area (TPSA) is 50.7 Å². The molecule has 4 heteroatoms. The molecule has 1 aliphatic rings. The number of allylic oxidation sites excluding steroid dienone is 1. The van der Waals surface area contributed by atoms with Crippen molar-refractivity contribution in [2.45, 2.75) is 60.1 Å². The fraction of sp³-hybridized carbons (Fsp3) is 0.314. The Balaban J connectivity index is 2.08. The molecule has 0 aromatic heterocycles. The van der Waals surface area contributed by atoms with Crippen molar-refractivity contribution < 1.29 is 9.53 Å². The van der Waals surface area contributed by atoms with Gasteiger partial charge >= 0.3 is 0 Å². The van der Waals surface area contributed by atoms with E-state index in [0.29, 0.717) is 12.5 Å². The summed E-state index contributed by atoms with van der Waals surface area (Å²) in [5.41, 5.74) is 8.69. The van der Waals surface area contributed by atoms with Crippen LogP contribution in [-0.4, -0.2) is 19.0 Å². The van der Waals surface area contributed by atoms with E-state index in [1.54, 1.807) is 13.0 Å². The van der Waals surface area contributed by atoms with Crippen molar-refractivity contribution in [2.24, 2.45) is 10.9 Å². The Bertz CT molecular complexity index is 1460. The molecule has 0 spiro atoms. The minimum Gasteiger partial charge on any atom is -0.489 e. The van der Waals surface area contributed by atoms with E-state index in [9.17, 15) is 4.79 Å². The van der Waals surface area contributed by atoms with Crippen LogP contribution in [0.4, 0.5) is 0 Å². The number of nitrogens with one attached hydrogen (secondary N) is 1. The molecule has 0 saturated heterocycles. The molecule has 3 aromatic carbocycles. The highest BCUT2D eigenvalue weighted by Gasteiger charge is 2.36. The maximum Gasteiger partial charge on any atom is 0.153 e. The summed E-state index contributed by atoms with van der Waals surface area (Å²) in [6.45, 7) is 12.7. The molecule has 1 heterocycles. The van der Waals surface area contributed by atoms with Gasteiger partial charge in [0.15, 0.2) is 5.78 Å². The van der Waals surface area contributed by atoms with Crippen molar-refractivity contribution in [2.75, 3.05) is 7.05 Å². The number of aliphatic imine (C=N–C) groups is 1. The molecule has 1 aliphatic heterocycles. The van der Waals surface area contributed by atoms with Crippen LogP contribution in [-0.2, 0) is 16.9 Å². The molecular formula is C35H40N2O2. The molecule has 0 fully saturated rings. The largest absolute Gasteiger partial charge is 0.489 e. The van der Waals surface area contributed by atoms with E-state index < -0.39 is 5.54 Å². The summed E-state index contributed by atoms with van der Waals surface area (Å²) >= 11 is 0. The first-order valence-corrected chi connectivity index (χ1v) is 13.8. The molecule has 3 aromatic rings. The van der Waals surface area contributed by atoms with E-state index >= 15 is 0 Å². The zero-order chi connectivity index (χ0) is 28.2. The van der Waals surface area contributed by atoms with Gasteiger partial charge in [0.1, 0.15) is 12.4 Å². The van der Waals surface area contributed by atoms with Crippen molar-refractivity contribution in [3.8, 4) is 5.75 Å². The van der Waals surface area contributed by atoms with Crippen molar-refractivity contribution in [3.63, 3.8) is 0 Å². The number of ether oxygens (including phenoxy) is 1. The quantitative estimate of drug-likeness (QED) is 0.268. The molecule has 202 valence electrons. The number of rotatable bonds is 6. The van der Waals surface area contributed by atoms with E-state index in [4.69, 9.17) is 9.73 Å². The van der Waals surface area contributed by atoms with Gasteiger partial charge in [0.05, 0.1) is 5.54 Å². The molecule has 0 aliphatic carbocycles. The van der Waals surface area contributed by atoms with Gasteiger partial charge in [-0.2, -0.15) is 0 Å². The fourth-order valence-corrected chi connectivity index (χ4v) is 5.26. The molecule has 39 heavy (non-hydrogen) atoms. The molecule has 4 nitrogen and oxygen atoms in total. The number of carbonyl (C=O) groups excluding carboxylic acids is 1. The lowest BCUT2D eigenvalue weighted by Crippen LogP contribution is -2.42. The third-order valence-electron chi connectivity index (χ3n) is 7.78. The first-order valence-electron chi connectivity index (χ1n) is 13.8. The van der Waals surface area contributed by atoms with Crippen molar-refractivity contribution in [3.05, 3.63) is 117 Å². The van der Waals surface area contributed by atoms with Crippen molar-refractivity contribution in [1.29, 1.82) is 0 Å². The number of benzene rings is 3. The normalized spacial score (nSPS) is 19.2. The Morgan fingerprint density at radius 3 is 2.46 bits per heavy atom. The predicted octanol–water partition coefficient (Wildman–Crippen LogP) is 7.70. The Kier molecular flexibility index (Phi) is 8.66. The number of hydrogen-bond donors (Lipinski definition) is 1. The van der Waals surface area contributed by atoms with Crippen LogP contribution in [0.5, 0.6) is 5.75 Å². The van der Waals surface area contributed by atoms with Gasteiger partial charge in [-0.1, -0.05) is 56.3 Å². The maximum absolute atomic E-state index is 12.5. The number of likely N-dealkylation sites (N-methyl/N-ethyl adjacent to an activating group) is 1. The summed E-state index contributed by atoms with van der Waals surface area (Å²) in [4.78, 5) is 17.2. The van der Waals surface area contributed by atoms with Crippen LogP contribution >= 0.6 is 0 Å². The van der Waals surface area contributed by atoms with Gasteiger partial charge in [-0.3, -0.25) is 9.79 Å². The zero-order valence-electron chi connectivity index (χ0n) is 24.3. The highest BCUT2D eigenvalue weighted by molar-refractivity contribution is 5.99. The standard InChI is InChI=1S/C35H40N2O2/c1-8-23(2)20-37-21-26(5)35(36-7)30-14-12-24(3)32(18-30)33(16-27(6)38)29-11-9-10-28(17-29)22-39-34-19-31(35)15-13-25(34)4/h9-21,23,36H,8,22H2,1-7H3/b26-21+,33-16-,37-20-. The molecule has 1 N–H and O–H groups in total. The fourth-order valence-electron chi connectivity index (χ4n) is 5.26. The summed E-state index contributed by atoms with van der Waals surface area (Å²) in [5.74, 6) is 1.26. The van der Waals surface area contributed by atoms with Crippen LogP contribution < -0.4 is 10.1 Å². The number of hydrogen-bond acceptors (Lipinski definition) is 4. The van der Waals surface area contributed by atoms with Gasteiger partial charge in [-0.05, 0) is 121 Å². The number of nitrogens with zero attached hydrogens (tertiary/aromatic N) is 1. The average Bonchev–Trinajstić information content (AvgIpc) is 2.93. The molecule has 6 bridgehead atoms. The van der Waals surface area contributed by atoms with Gasteiger partial charge in [0.2, 0.25) is 0 Å². The second-order valence-electron chi connectivity index (χ2n) is 10.7. The lowest BCUT2D eigenvalue weighted by Gasteiger charge is -2.37. The van der Waals surface area contributed by atoms with E-state index in [0.717, 1.165) is 62.3 Å². The Morgan fingerprint density at radius 2 is 1.77 bits per heavy atom. The Hall–Kier alpha value is -3.76. The number of ketones is 1. The van der Waals surface area contributed by atoms with Gasteiger partial charge in [-0.15, -0.1) is 0 Å². The molecule has 0 amide bonds. The van der Waals surface area contributed by atoms with E-state index in [2.05, 4.69) is 94.5 Å². The minimum absolute atomic E-state index is 0.0124. The number of fused-ring (bicyclic) bond motifs is 6. The van der Waals surface area contributed by atoms with Crippen LogP contribution in [0.15, 0.2) is 83.5 Å². The molecule has 0 saturated carbocycles. The Morgan fingerprint density at radius 1 is 1.05 bits per heavy atom. The van der Waals surface area contributed by atoms with Gasteiger partial charge < -0.3 is 10.1 Å². The first kappa shape index (κ1) is 28.3.